The van der Waals surface area contributed by atoms with Gasteiger partial charge in [0, 0.05) is 32.7 Å². The summed E-state index contributed by atoms with van der Waals surface area (Å²) in [5, 5.41) is 2.93. The first-order chi connectivity index (χ1) is 18.2. The van der Waals surface area contributed by atoms with Gasteiger partial charge in [-0.3, -0.25) is 4.79 Å². The molecule has 0 radical (unpaired) electrons. The summed E-state index contributed by atoms with van der Waals surface area (Å²) in [6, 6.07) is 12.1. The third-order valence-corrected chi connectivity index (χ3v) is 11.2. The monoisotopic (exact) mass is 562 g/mol. The van der Waals surface area contributed by atoms with E-state index in [1.165, 1.54) is 26.8 Å². The molecule has 208 valence electrons. The van der Waals surface area contributed by atoms with Gasteiger partial charge >= 0.3 is 0 Å². The lowest BCUT2D eigenvalue weighted by atomic mass is 10.0. The van der Waals surface area contributed by atoms with Crippen molar-refractivity contribution in [2.75, 3.05) is 42.9 Å². The Morgan fingerprint density at radius 1 is 0.842 bits per heavy atom. The maximum absolute atomic E-state index is 13.7. The minimum absolute atomic E-state index is 0.128. The van der Waals surface area contributed by atoms with E-state index in [1.807, 2.05) is 18.7 Å². The highest BCUT2D eigenvalue weighted by Crippen LogP contribution is 2.33. The lowest BCUT2D eigenvalue weighted by molar-refractivity contribution is -0.120. The minimum atomic E-state index is -3.87. The second-order valence-electron chi connectivity index (χ2n) is 9.75. The first-order valence-electron chi connectivity index (χ1n) is 13.5. The molecule has 2 aromatic carbocycles. The molecule has 1 amide bonds. The molecule has 0 aliphatic carbocycles. The average Bonchev–Trinajstić information content (AvgIpc) is 2.95. The molecule has 0 bridgehead atoms. The van der Waals surface area contributed by atoms with Crippen LogP contribution in [0.4, 0.5) is 11.4 Å². The van der Waals surface area contributed by atoms with Crippen molar-refractivity contribution in [3.05, 3.63) is 48.5 Å². The van der Waals surface area contributed by atoms with Crippen LogP contribution in [0, 0.1) is 0 Å². The van der Waals surface area contributed by atoms with Crippen molar-refractivity contribution >= 4 is 37.3 Å². The number of anilines is 2. The van der Waals surface area contributed by atoms with Crippen molar-refractivity contribution in [3.8, 4) is 0 Å². The number of nitrogens with zero attached hydrogens (tertiary/aromatic N) is 3. The first kappa shape index (κ1) is 28.5. The third-order valence-electron chi connectivity index (χ3n) is 7.39. The zero-order valence-electron chi connectivity index (χ0n) is 22.2. The fraction of sp³-hybridized carbons (Fsp3) is 0.519. The zero-order chi connectivity index (χ0) is 27.3. The normalized spacial score (nSPS) is 19.7. The summed E-state index contributed by atoms with van der Waals surface area (Å²) in [6.45, 7) is 6.52. The molecule has 2 saturated heterocycles. The van der Waals surface area contributed by atoms with Gasteiger partial charge in [-0.05, 0) is 69.9 Å². The first-order valence-corrected chi connectivity index (χ1v) is 16.3. The third kappa shape index (κ3) is 5.90. The number of hydrogen-bond donors (Lipinski definition) is 1. The Morgan fingerprint density at radius 3 is 2.16 bits per heavy atom. The van der Waals surface area contributed by atoms with Gasteiger partial charge in [0.1, 0.15) is 6.04 Å². The number of hydrogen-bond acceptors (Lipinski definition) is 6. The van der Waals surface area contributed by atoms with Crippen molar-refractivity contribution in [1.29, 1.82) is 0 Å². The van der Waals surface area contributed by atoms with Gasteiger partial charge in [-0.2, -0.15) is 8.61 Å². The van der Waals surface area contributed by atoms with Gasteiger partial charge < -0.3 is 10.2 Å². The lowest BCUT2D eigenvalue weighted by Crippen LogP contribution is -2.49. The van der Waals surface area contributed by atoms with Crippen LogP contribution >= 0.6 is 0 Å². The molecular formula is C27H38N4O5S2. The molecule has 4 rings (SSSR count). The second-order valence-corrected chi connectivity index (χ2v) is 13.6. The summed E-state index contributed by atoms with van der Waals surface area (Å²) in [5.74, 6) is -0.454. The van der Waals surface area contributed by atoms with Gasteiger partial charge in [0.2, 0.25) is 26.0 Å². The molecule has 9 nitrogen and oxygen atoms in total. The molecule has 38 heavy (non-hydrogen) atoms. The van der Waals surface area contributed by atoms with Crippen molar-refractivity contribution in [1.82, 2.24) is 8.61 Å². The summed E-state index contributed by atoms with van der Waals surface area (Å²) >= 11 is 0. The number of nitrogens with one attached hydrogen (secondary N) is 1. The molecule has 0 spiro atoms. The summed E-state index contributed by atoms with van der Waals surface area (Å²) in [7, 11) is -7.58. The molecular weight excluding hydrogens is 524 g/mol. The second kappa shape index (κ2) is 12.1. The number of benzene rings is 2. The Balaban J connectivity index is 1.68. The van der Waals surface area contributed by atoms with Gasteiger partial charge in [-0.15, -0.1) is 0 Å². The molecule has 2 aliphatic heterocycles. The van der Waals surface area contributed by atoms with Crippen molar-refractivity contribution in [2.24, 2.45) is 0 Å². The quantitative estimate of drug-likeness (QED) is 0.497. The summed E-state index contributed by atoms with van der Waals surface area (Å²) in [4.78, 5) is 16.0. The Labute approximate surface area is 226 Å². The number of amides is 1. The van der Waals surface area contributed by atoms with Crippen LogP contribution in [0.5, 0.6) is 0 Å². The van der Waals surface area contributed by atoms with E-state index in [-0.39, 0.29) is 16.3 Å². The van der Waals surface area contributed by atoms with Gasteiger partial charge in [-0.25, -0.2) is 16.8 Å². The lowest BCUT2D eigenvalue weighted by Gasteiger charge is -2.34. The molecule has 0 saturated carbocycles. The van der Waals surface area contributed by atoms with E-state index < -0.39 is 32.0 Å². The summed E-state index contributed by atoms with van der Waals surface area (Å²) in [5.41, 5.74) is 1.08. The predicted octanol–water partition coefficient (Wildman–Crippen LogP) is 3.89. The topological polar surface area (TPSA) is 107 Å². The van der Waals surface area contributed by atoms with E-state index >= 15 is 0 Å². The average molecular weight is 563 g/mol. The molecule has 1 atom stereocenters. The van der Waals surface area contributed by atoms with E-state index in [0.29, 0.717) is 50.4 Å². The standard InChI is InChI=1S/C27H38N4O5S2/c1-3-29(4-2)25-17-16-23(37(33,34)30-18-10-6-11-19-30)21-24(25)28-27(32)26-15-9-12-20-31(26)38(35,36)22-13-7-5-8-14-22/h5,7-8,13-14,16-17,21,26H,3-4,6,9-12,15,18-20H2,1-2H3,(H,28,32)/t26-/m1/s1. The fourth-order valence-electron chi connectivity index (χ4n) is 5.27. The summed E-state index contributed by atoms with van der Waals surface area (Å²) in [6.07, 6.45) is 4.46. The SMILES string of the molecule is CCN(CC)c1ccc(S(=O)(=O)N2CCCCC2)cc1NC(=O)[C@H]1CCCCN1S(=O)(=O)c1ccccc1. The fourth-order valence-corrected chi connectivity index (χ4v) is 8.49. The highest BCUT2D eigenvalue weighted by molar-refractivity contribution is 7.89. The van der Waals surface area contributed by atoms with Crippen LogP contribution in [0.15, 0.2) is 58.3 Å². The van der Waals surface area contributed by atoms with E-state index in [2.05, 4.69) is 5.32 Å². The highest BCUT2D eigenvalue weighted by Gasteiger charge is 2.38. The van der Waals surface area contributed by atoms with Crippen LogP contribution in [0.25, 0.3) is 0 Å². The van der Waals surface area contributed by atoms with E-state index in [9.17, 15) is 21.6 Å². The number of piperidine rings is 2. The number of rotatable bonds is 9. The van der Waals surface area contributed by atoms with Gasteiger partial charge in [0.15, 0.2) is 0 Å². The van der Waals surface area contributed by atoms with E-state index in [1.54, 1.807) is 30.3 Å². The van der Waals surface area contributed by atoms with Gasteiger partial charge in [0.25, 0.3) is 0 Å². The van der Waals surface area contributed by atoms with Crippen LogP contribution in [-0.4, -0.2) is 70.1 Å². The Kier molecular flexibility index (Phi) is 9.12. The number of carbonyl (C=O) groups is 1. The number of carbonyl (C=O) groups excluding carboxylic acids is 1. The van der Waals surface area contributed by atoms with Crippen LogP contribution in [0.1, 0.15) is 52.4 Å². The van der Waals surface area contributed by atoms with Gasteiger partial charge in [0.05, 0.1) is 21.2 Å². The van der Waals surface area contributed by atoms with Crippen molar-refractivity contribution in [3.63, 3.8) is 0 Å². The largest absolute Gasteiger partial charge is 0.370 e. The van der Waals surface area contributed by atoms with Gasteiger partial charge in [-0.1, -0.05) is 31.0 Å². The molecule has 0 aromatic heterocycles. The molecule has 2 aliphatic rings. The highest BCUT2D eigenvalue weighted by atomic mass is 32.2. The number of sulfonamides is 2. The Morgan fingerprint density at radius 2 is 1.50 bits per heavy atom. The molecule has 2 aromatic rings. The van der Waals surface area contributed by atoms with E-state index in [0.717, 1.165) is 25.7 Å². The minimum Gasteiger partial charge on any atom is -0.370 e. The van der Waals surface area contributed by atoms with Crippen molar-refractivity contribution < 1.29 is 21.6 Å². The predicted molar refractivity (Wildman–Crippen MR) is 149 cm³/mol. The molecule has 1 N–H and O–H groups in total. The van der Waals surface area contributed by atoms with Crippen LogP contribution in [0.3, 0.4) is 0 Å². The maximum Gasteiger partial charge on any atom is 0.243 e. The van der Waals surface area contributed by atoms with Crippen LogP contribution < -0.4 is 10.2 Å². The van der Waals surface area contributed by atoms with Crippen LogP contribution in [-0.2, 0) is 24.8 Å². The Hall–Kier alpha value is -2.47. The molecule has 2 heterocycles. The molecule has 0 unspecified atom stereocenters. The molecule has 2 fully saturated rings. The van der Waals surface area contributed by atoms with Crippen LogP contribution in [0.2, 0.25) is 0 Å². The van der Waals surface area contributed by atoms with Crippen molar-refractivity contribution in [2.45, 2.75) is 68.2 Å². The maximum atomic E-state index is 13.7. The molecule has 11 heteroatoms. The zero-order valence-corrected chi connectivity index (χ0v) is 23.8. The van der Waals surface area contributed by atoms with E-state index in [4.69, 9.17) is 0 Å². The Bertz CT molecular complexity index is 1320. The summed E-state index contributed by atoms with van der Waals surface area (Å²) < 4.78 is 56.5. The smallest absolute Gasteiger partial charge is 0.243 e.